The van der Waals surface area contributed by atoms with Crippen LogP contribution < -0.4 is 10.6 Å². The molecule has 1 saturated heterocycles. The first-order valence-corrected chi connectivity index (χ1v) is 8.36. The number of nitrogens with one attached hydrogen (secondary N) is 2. The lowest BCUT2D eigenvalue weighted by molar-refractivity contribution is -0.144. The number of piperidine rings is 1. The third kappa shape index (κ3) is 2.80. The van der Waals surface area contributed by atoms with Gasteiger partial charge in [0.1, 0.15) is 0 Å². The fraction of sp³-hybridized carbons (Fsp3) is 0.875. The van der Waals surface area contributed by atoms with Crippen LogP contribution in [0.1, 0.15) is 45.4 Å². The molecule has 1 heterocycles. The van der Waals surface area contributed by atoms with Crippen molar-refractivity contribution in [2.45, 2.75) is 57.5 Å². The number of carbonyl (C=O) groups excluding carboxylic acids is 1. The smallest absolute Gasteiger partial charge is 0.308 e. The Labute approximate surface area is 125 Å². The zero-order valence-electron chi connectivity index (χ0n) is 12.7. The van der Waals surface area contributed by atoms with E-state index in [-0.39, 0.29) is 29.8 Å². The number of rotatable bonds is 4. The third-order valence-corrected chi connectivity index (χ3v) is 5.92. The van der Waals surface area contributed by atoms with E-state index in [1.54, 1.807) is 0 Å². The number of hydrogen-bond acceptors (Lipinski definition) is 3. The molecule has 0 aromatic carbocycles. The van der Waals surface area contributed by atoms with Gasteiger partial charge in [-0.25, -0.2) is 0 Å². The highest BCUT2D eigenvalue weighted by molar-refractivity contribution is 5.83. The van der Waals surface area contributed by atoms with Crippen LogP contribution in [0.25, 0.3) is 0 Å². The summed E-state index contributed by atoms with van der Waals surface area (Å²) in [6.45, 7) is 3.05. The summed E-state index contributed by atoms with van der Waals surface area (Å²) >= 11 is 0. The lowest BCUT2D eigenvalue weighted by Gasteiger charge is -2.33. The van der Waals surface area contributed by atoms with Crippen molar-refractivity contribution in [2.24, 2.45) is 23.7 Å². The average Bonchev–Trinajstić information content (AvgIpc) is 3.08. The van der Waals surface area contributed by atoms with Gasteiger partial charge in [0.05, 0.1) is 12.0 Å². The van der Waals surface area contributed by atoms with E-state index in [9.17, 15) is 14.7 Å². The standard InChI is InChI=1S/C16H26N2O3/c1-2-9-5-6-17-12(7-9)15(19)18-14-11-4-3-10(8-11)13(14)16(20)21/h9-14,17H,2-8H2,1H3,(H,18,19)(H,20,21). The average molecular weight is 294 g/mol. The second-order valence-electron chi connectivity index (χ2n) is 7.04. The number of carboxylic acids is 1. The number of carbonyl (C=O) groups is 2. The summed E-state index contributed by atoms with van der Waals surface area (Å²) < 4.78 is 0. The molecule has 6 unspecified atom stereocenters. The molecule has 0 aromatic rings. The van der Waals surface area contributed by atoms with Gasteiger partial charge in [-0.05, 0) is 56.4 Å². The monoisotopic (exact) mass is 294 g/mol. The maximum absolute atomic E-state index is 12.5. The van der Waals surface area contributed by atoms with Crippen molar-refractivity contribution in [3.63, 3.8) is 0 Å². The molecule has 0 spiro atoms. The molecule has 118 valence electrons. The molecule has 0 radical (unpaired) electrons. The van der Waals surface area contributed by atoms with E-state index < -0.39 is 5.97 Å². The van der Waals surface area contributed by atoms with Crippen LogP contribution in [-0.2, 0) is 9.59 Å². The molecule has 6 atom stereocenters. The lowest BCUT2D eigenvalue weighted by Crippen LogP contribution is -2.54. The molecule has 2 saturated carbocycles. The quantitative estimate of drug-likeness (QED) is 0.732. The van der Waals surface area contributed by atoms with Gasteiger partial charge in [0.25, 0.3) is 0 Å². The van der Waals surface area contributed by atoms with Gasteiger partial charge >= 0.3 is 5.97 Å². The van der Waals surface area contributed by atoms with E-state index in [4.69, 9.17) is 0 Å². The largest absolute Gasteiger partial charge is 0.481 e. The fourth-order valence-electron chi connectivity index (χ4n) is 4.69. The van der Waals surface area contributed by atoms with E-state index >= 15 is 0 Å². The van der Waals surface area contributed by atoms with Crippen LogP contribution in [0.3, 0.4) is 0 Å². The van der Waals surface area contributed by atoms with Crippen molar-refractivity contribution < 1.29 is 14.7 Å². The molecule has 3 rings (SSSR count). The van der Waals surface area contributed by atoms with Crippen LogP contribution in [0.4, 0.5) is 0 Å². The molecule has 2 bridgehead atoms. The van der Waals surface area contributed by atoms with E-state index in [0.29, 0.717) is 11.8 Å². The lowest BCUT2D eigenvalue weighted by atomic mass is 9.84. The first-order valence-electron chi connectivity index (χ1n) is 8.36. The summed E-state index contributed by atoms with van der Waals surface area (Å²) in [7, 11) is 0. The molecule has 3 N–H and O–H groups in total. The van der Waals surface area contributed by atoms with Crippen molar-refractivity contribution in [1.29, 1.82) is 0 Å². The number of aliphatic carboxylic acids is 1. The minimum absolute atomic E-state index is 0.0111. The SMILES string of the molecule is CCC1CCNC(C(=O)NC2C3CCC(C3)C2C(=O)O)C1. The highest BCUT2D eigenvalue weighted by Crippen LogP contribution is 2.48. The normalized spacial score (nSPS) is 42.0. The molecule has 21 heavy (non-hydrogen) atoms. The van der Waals surface area contributed by atoms with Crippen molar-refractivity contribution >= 4 is 11.9 Å². The molecule has 5 nitrogen and oxygen atoms in total. The van der Waals surface area contributed by atoms with Gasteiger partial charge in [-0.1, -0.05) is 13.3 Å². The summed E-state index contributed by atoms with van der Waals surface area (Å²) in [6.07, 6.45) is 6.16. The fourth-order valence-corrected chi connectivity index (χ4v) is 4.69. The number of carboxylic acid groups (broad SMARTS) is 1. The topological polar surface area (TPSA) is 78.4 Å². The highest BCUT2D eigenvalue weighted by Gasteiger charge is 2.51. The van der Waals surface area contributed by atoms with Crippen LogP contribution in [0.15, 0.2) is 0 Å². The molecule has 3 fully saturated rings. The summed E-state index contributed by atoms with van der Waals surface area (Å²) in [6, 6.07) is -0.296. The van der Waals surface area contributed by atoms with Crippen molar-refractivity contribution in [3.05, 3.63) is 0 Å². The summed E-state index contributed by atoms with van der Waals surface area (Å²) in [5, 5.41) is 15.8. The Morgan fingerprint density at radius 2 is 1.95 bits per heavy atom. The zero-order chi connectivity index (χ0) is 15.0. The van der Waals surface area contributed by atoms with E-state index in [0.717, 1.165) is 45.1 Å². The Balaban J connectivity index is 1.62. The van der Waals surface area contributed by atoms with Crippen molar-refractivity contribution in [3.8, 4) is 0 Å². The van der Waals surface area contributed by atoms with E-state index in [1.165, 1.54) is 0 Å². The minimum atomic E-state index is -0.740. The van der Waals surface area contributed by atoms with Gasteiger partial charge in [0, 0.05) is 6.04 Å². The van der Waals surface area contributed by atoms with Gasteiger partial charge in [-0.15, -0.1) is 0 Å². The van der Waals surface area contributed by atoms with E-state index in [1.807, 2.05) is 0 Å². The molecule has 2 aliphatic carbocycles. The van der Waals surface area contributed by atoms with E-state index in [2.05, 4.69) is 17.6 Å². The number of fused-ring (bicyclic) bond motifs is 2. The first-order chi connectivity index (χ1) is 10.1. The summed E-state index contributed by atoms with van der Waals surface area (Å²) in [5.74, 6) is 0.133. The van der Waals surface area contributed by atoms with Crippen LogP contribution >= 0.6 is 0 Å². The Hall–Kier alpha value is -1.10. The molecule has 1 aliphatic heterocycles. The van der Waals surface area contributed by atoms with Crippen LogP contribution in [0, 0.1) is 23.7 Å². The molecule has 5 heteroatoms. The summed E-state index contributed by atoms with van der Waals surface area (Å²) in [4.78, 5) is 24.0. The predicted octanol–water partition coefficient (Wildman–Crippen LogP) is 1.38. The van der Waals surface area contributed by atoms with Gasteiger partial charge in [-0.3, -0.25) is 9.59 Å². The second-order valence-corrected chi connectivity index (χ2v) is 7.04. The number of amides is 1. The number of hydrogen-bond donors (Lipinski definition) is 3. The van der Waals surface area contributed by atoms with Crippen LogP contribution in [0.2, 0.25) is 0 Å². The predicted molar refractivity (Wildman–Crippen MR) is 78.7 cm³/mol. The second kappa shape index (κ2) is 5.95. The maximum Gasteiger partial charge on any atom is 0.308 e. The summed E-state index contributed by atoms with van der Waals surface area (Å²) in [5.41, 5.74) is 0. The Morgan fingerprint density at radius 1 is 1.19 bits per heavy atom. The Kier molecular flexibility index (Phi) is 4.20. The van der Waals surface area contributed by atoms with Crippen LogP contribution in [0.5, 0.6) is 0 Å². The Morgan fingerprint density at radius 3 is 2.67 bits per heavy atom. The Bertz CT molecular complexity index is 426. The first kappa shape index (κ1) is 14.8. The zero-order valence-corrected chi connectivity index (χ0v) is 12.7. The third-order valence-electron chi connectivity index (χ3n) is 5.92. The molecule has 1 amide bonds. The molecule has 3 aliphatic rings. The van der Waals surface area contributed by atoms with Gasteiger partial charge in [-0.2, -0.15) is 0 Å². The highest BCUT2D eigenvalue weighted by atomic mass is 16.4. The van der Waals surface area contributed by atoms with Crippen molar-refractivity contribution in [1.82, 2.24) is 10.6 Å². The molecular weight excluding hydrogens is 268 g/mol. The molecular formula is C16H26N2O3. The van der Waals surface area contributed by atoms with Gasteiger partial charge in [0.15, 0.2) is 0 Å². The molecule has 0 aromatic heterocycles. The van der Waals surface area contributed by atoms with Gasteiger partial charge in [0.2, 0.25) is 5.91 Å². The maximum atomic E-state index is 12.5. The van der Waals surface area contributed by atoms with Gasteiger partial charge < -0.3 is 15.7 Å². The van der Waals surface area contributed by atoms with Crippen molar-refractivity contribution in [2.75, 3.05) is 6.54 Å². The van der Waals surface area contributed by atoms with Crippen LogP contribution in [-0.4, -0.2) is 35.6 Å². The minimum Gasteiger partial charge on any atom is -0.481 e.